The molecule has 0 aromatic heterocycles. The fourth-order valence-electron chi connectivity index (χ4n) is 1.62. The van der Waals surface area contributed by atoms with Gasteiger partial charge in [-0.25, -0.2) is 0 Å². The Morgan fingerprint density at radius 2 is 2.00 bits per heavy atom. The topological polar surface area (TPSA) is 35.2 Å². The van der Waals surface area contributed by atoms with Crippen LogP contribution in [-0.2, 0) is 4.74 Å². The molecule has 0 fully saturated rings. The van der Waals surface area contributed by atoms with Crippen LogP contribution >= 0.6 is 0 Å². The van der Waals surface area contributed by atoms with Gasteiger partial charge in [0.05, 0.1) is 0 Å². The Labute approximate surface area is 86.1 Å². The van der Waals surface area contributed by atoms with E-state index in [1.165, 1.54) is 5.56 Å². The molecule has 2 nitrogen and oxygen atoms in total. The molecule has 1 aromatic rings. The van der Waals surface area contributed by atoms with Gasteiger partial charge in [0.15, 0.2) is 0 Å². The fraction of sp³-hybridized carbons (Fsp3) is 0.500. The summed E-state index contributed by atoms with van der Waals surface area (Å²) in [5.41, 5.74) is 7.09. The fourth-order valence-corrected chi connectivity index (χ4v) is 1.62. The molecule has 0 aliphatic carbocycles. The van der Waals surface area contributed by atoms with E-state index in [1.54, 1.807) is 7.11 Å². The molecular weight excluding hydrogens is 174 g/mol. The predicted octanol–water partition coefficient (Wildman–Crippen LogP) is 2.16. The molecule has 78 valence electrons. The van der Waals surface area contributed by atoms with Crippen molar-refractivity contribution < 1.29 is 4.74 Å². The van der Waals surface area contributed by atoms with Gasteiger partial charge < -0.3 is 10.5 Å². The highest BCUT2D eigenvalue weighted by atomic mass is 16.5. The summed E-state index contributed by atoms with van der Waals surface area (Å²) in [5.74, 6) is 0.478. The molecule has 2 heteroatoms. The van der Waals surface area contributed by atoms with Crippen molar-refractivity contribution in [2.45, 2.75) is 18.8 Å². The summed E-state index contributed by atoms with van der Waals surface area (Å²) in [4.78, 5) is 0. The van der Waals surface area contributed by atoms with E-state index in [2.05, 4.69) is 24.3 Å². The summed E-state index contributed by atoms with van der Waals surface area (Å²) in [5, 5.41) is 0. The maximum Gasteiger partial charge on any atom is 0.0462 e. The van der Waals surface area contributed by atoms with E-state index < -0.39 is 0 Å². The summed E-state index contributed by atoms with van der Waals surface area (Å²) in [6.45, 7) is 1.54. The molecule has 0 spiro atoms. The van der Waals surface area contributed by atoms with Crippen molar-refractivity contribution in [2.75, 3.05) is 20.3 Å². The second-order valence-electron chi connectivity index (χ2n) is 3.48. The van der Waals surface area contributed by atoms with Gasteiger partial charge in [0.1, 0.15) is 0 Å². The largest absolute Gasteiger partial charge is 0.385 e. The maximum atomic E-state index is 5.75. The molecule has 0 amide bonds. The van der Waals surface area contributed by atoms with E-state index in [0.717, 1.165) is 19.4 Å². The summed E-state index contributed by atoms with van der Waals surface area (Å²) in [7, 11) is 1.74. The zero-order chi connectivity index (χ0) is 10.2. The van der Waals surface area contributed by atoms with Crippen LogP contribution in [0.2, 0.25) is 0 Å². The average Bonchev–Trinajstić information content (AvgIpc) is 2.26. The quantitative estimate of drug-likeness (QED) is 0.703. The lowest BCUT2D eigenvalue weighted by Gasteiger charge is -2.14. The smallest absolute Gasteiger partial charge is 0.0462 e. The van der Waals surface area contributed by atoms with Gasteiger partial charge in [-0.1, -0.05) is 30.3 Å². The van der Waals surface area contributed by atoms with Crippen LogP contribution in [-0.4, -0.2) is 20.3 Å². The highest BCUT2D eigenvalue weighted by Gasteiger charge is 2.07. The van der Waals surface area contributed by atoms with Crippen molar-refractivity contribution in [3.05, 3.63) is 35.9 Å². The van der Waals surface area contributed by atoms with Crippen LogP contribution in [0.15, 0.2) is 30.3 Å². The lowest BCUT2D eigenvalue weighted by Crippen LogP contribution is -2.13. The Bertz CT molecular complexity index is 235. The molecular formula is C12H19NO. The van der Waals surface area contributed by atoms with Gasteiger partial charge in [-0.15, -0.1) is 0 Å². The first-order valence-electron chi connectivity index (χ1n) is 5.12. The second-order valence-corrected chi connectivity index (χ2v) is 3.48. The summed E-state index contributed by atoms with van der Waals surface area (Å²) < 4.78 is 5.03. The molecule has 2 N–H and O–H groups in total. The third-order valence-corrected chi connectivity index (χ3v) is 2.46. The number of rotatable bonds is 6. The van der Waals surface area contributed by atoms with Crippen molar-refractivity contribution in [3.63, 3.8) is 0 Å². The standard InChI is InChI=1S/C12H19NO/c1-14-9-5-8-12(10-13)11-6-3-2-4-7-11/h2-4,6-7,12H,5,8-10,13H2,1H3. The van der Waals surface area contributed by atoms with Gasteiger partial charge in [-0.2, -0.15) is 0 Å². The molecule has 0 aliphatic rings. The highest BCUT2D eigenvalue weighted by Crippen LogP contribution is 2.19. The molecule has 1 atom stereocenters. The first-order chi connectivity index (χ1) is 6.88. The normalized spacial score (nSPS) is 12.7. The SMILES string of the molecule is COCCCC(CN)c1ccccc1. The third kappa shape index (κ3) is 3.48. The van der Waals surface area contributed by atoms with E-state index in [0.29, 0.717) is 12.5 Å². The lowest BCUT2D eigenvalue weighted by atomic mass is 9.95. The first-order valence-corrected chi connectivity index (χ1v) is 5.12. The molecule has 1 unspecified atom stereocenters. The van der Waals surface area contributed by atoms with E-state index in [-0.39, 0.29) is 0 Å². The molecule has 0 radical (unpaired) electrons. The lowest BCUT2D eigenvalue weighted by molar-refractivity contribution is 0.190. The van der Waals surface area contributed by atoms with Gasteiger partial charge in [0.25, 0.3) is 0 Å². The molecule has 0 saturated carbocycles. The summed E-state index contributed by atoms with van der Waals surface area (Å²) in [6.07, 6.45) is 2.18. The van der Waals surface area contributed by atoms with Crippen LogP contribution in [0.25, 0.3) is 0 Å². The minimum atomic E-state index is 0.478. The summed E-state index contributed by atoms with van der Waals surface area (Å²) >= 11 is 0. The van der Waals surface area contributed by atoms with Crippen LogP contribution in [0, 0.1) is 0 Å². The molecule has 0 heterocycles. The average molecular weight is 193 g/mol. The predicted molar refractivity (Wildman–Crippen MR) is 59.3 cm³/mol. The van der Waals surface area contributed by atoms with Crippen LogP contribution in [0.4, 0.5) is 0 Å². The number of benzene rings is 1. The van der Waals surface area contributed by atoms with Crippen molar-refractivity contribution >= 4 is 0 Å². The van der Waals surface area contributed by atoms with E-state index in [9.17, 15) is 0 Å². The minimum Gasteiger partial charge on any atom is -0.385 e. The third-order valence-electron chi connectivity index (χ3n) is 2.46. The van der Waals surface area contributed by atoms with Crippen LogP contribution in [0.3, 0.4) is 0 Å². The van der Waals surface area contributed by atoms with Gasteiger partial charge in [-0.3, -0.25) is 0 Å². The van der Waals surface area contributed by atoms with Gasteiger partial charge in [0.2, 0.25) is 0 Å². The first kappa shape index (κ1) is 11.2. The number of hydrogen-bond donors (Lipinski definition) is 1. The maximum absolute atomic E-state index is 5.75. The Kier molecular flexibility index (Phi) is 5.27. The van der Waals surface area contributed by atoms with Gasteiger partial charge in [0, 0.05) is 13.7 Å². The number of methoxy groups -OCH3 is 1. The van der Waals surface area contributed by atoms with Crippen LogP contribution in [0.5, 0.6) is 0 Å². The van der Waals surface area contributed by atoms with Crippen LogP contribution in [0.1, 0.15) is 24.3 Å². The van der Waals surface area contributed by atoms with Gasteiger partial charge >= 0.3 is 0 Å². The Balaban J connectivity index is 2.46. The molecule has 0 aliphatic heterocycles. The Morgan fingerprint density at radius 1 is 1.29 bits per heavy atom. The number of hydrogen-bond acceptors (Lipinski definition) is 2. The molecule has 1 aromatic carbocycles. The van der Waals surface area contributed by atoms with E-state index >= 15 is 0 Å². The number of nitrogens with two attached hydrogens (primary N) is 1. The van der Waals surface area contributed by atoms with Gasteiger partial charge in [-0.05, 0) is 30.9 Å². The number of ether oxygens (including phenoxy) is 1. The van der Waals surface area contributed by atoms with Crippen molar-refractivity contribution in [1.82, 2.24) is 0 Å². The highest BCUT2D eigenvalue weighted by molar-refractivity contribution is 5.19. The molecule has 0 saturated heterocycles. The Hall–Kier alpha value is -0.860. The van der Waals surface area contributed by atoms with Crippen molar-refractivity contribution in [1.29, 1.82) is 0 Å². The van der Waals surface area contributed by atoms with Crippen LogP contribution < -0.4 is 5.73 Å². The second kappa shape index (κ2) is 6.57. The zero-order valence-corrected chi connectivity index (χ0v) is 8.78. The molecule has 14 heavy (non-hydrogen) atoms. The monoisotopic (exact) mass is 193 g/mol. The Morgan fingerprint density at radius 3 is 2.57 bits per heavy atom. The molecule has 1 rings (SSSR count). The van der Waals surface area contributed by atoms with E-state index in [4.69, 9.17) is 10.5 Å². The molecule has 0 bridgehead atoms. The summed E-state index contributed by atoms with van der Waals surface area (Å²) in [6, 6.07) is 10.4. The van der Waals surface area contributed by atoms with Crippen molar-refractivity contribution in [2.24, 2.45) is 5.73 Å². The van der Waals surface area contributed by atoms with E-state index in [1.807, 2.05) is 6.07 Å². The minimum absolute atomic E-state index is 0.478. The zero-order valence-electron chi connectivity index (χ0n) is 8.78. The van der Waals surface area contributed by atoms with Crippen molar-refractivity contribution in [3.8, 4) is 0 Å².